The summed E-state index contributed by atoms with van der Waals surface area (Å²) >= 11 is 0. The van der Waals surface area contributed by atoms with E-state index in [1.54, 1.807) is 12.1 Å². The molecule has 0 aliphatic carbocycles. The lowest BCUT2D eigenvalue weighted by Gasteiger charge is -2.35. The summed E-state index contributed by atoms with van der Waals surface area (Å²) in [4.78, 5) is 16.1. The third-order valence-electron chi connectivity index (χ3n) is 4.74. The Kier molecular flexibility index (Phi) is 4.79. The molecular formula is C21H24N2O2. The second kappa shape index (κ2) is 7.01. The Balaban J connectivity index is 1.87. The van der Waals surface area contributed by atoms with E-state index in [-0.39, 0.29) is 5.97 Å². The zero-order chi connectivity index (χ0) is 18.0. The van der Waals surface area contributed by atoms with Crippen molar-refractivity contribution in [2.24, 2.45) is 0 Å². The van der Waals surface area contributed by atoms with Gasteiger partial charge in [0.1, 0.15) is 0 Å². The van der Waals surface area contributed by atoms with Crippen molar-refractivity contribution >= 4 is 29.0 Å². The zero-order valence-corrected chi connectivity index (χ0v) is 15.2. The number of allylic oxidation sites excluding steroid dienone is 1. The molecule has 0 spiro atoms. The molecule has 3 rings (SSSR count). The molecule has 2 aromatic carbocycles. The van der Waals surface area contributed by atoms with Crippen LogP contribution in [0.3, 0.4) is 0 Å². The minimum absolute atomic E-state index is 0.311. The lowest BCUT2D eigenvalue weighted by Crippen LogP contribution is -2.36. The highest BCUT2D eigenvalue weighted by Crippen LogP contribution is 2.34. The number of methoxy groups -OCH3 is 1. The molecule has 0 radical (unpaired) electrons. The van der Waals surface area contributed by atoms with Crippen LogP contribution in [0.25, 0.3) is 11.6 Å². The molecule has 0 bridgehead atoms. The number of hydrogen-bond acceptors (Lipinski definition) is 4. The van der Waals surface area contributed by atoms with Gasteiger partial charge >= 0.3 is 5.97 Å². The largest absolute Gasteiger partial charge is 0.465 e. The molecule has 0 saturated carbocycles. The Labute approximate surface area is 149 Å². The van der Waals surface area contributed by atoms with Crippen LogP contribution in [0, 0.1) is 0 Å². The second-order valence-electron chi connectivity index (χ2n) is 6.49. The summed E-state index contributed by atoms with van der Waals surface area (Å²) in [5.74, 6) is -0.311. The van der Waals surface area contributed by atoms with E-state index in [2.05, 4.69) is 55.1 Å². The fraction of sp³-hybridized carbons (Fsp3) is 0.286. The van der Waals surface area contributed by atoms with Crippen molar-refractivity contribution in [3.05, 3.63) is 59.2 Å². The van der Waals surface area contributed by atoms with Gasteiger partial charge in [0.2, 0.25) is 0 Å². The highest BCUT2D eigenvalue weighted by Gasteiger charge is 2.17. The number of esters is 1. The van der Waals surface area contributed by atoms with Gasteiger partial charge in [0.15, 0.2) is 0 Å². The first-order chi connectivity index (χ1) is 12.0. The number of fused-ring (bicyclic) bond motifs is 1. The molecule has 0 saturated heterocycles. The number of carbonyl (C=O) groups excluding carboxylic acids is 1. The van der Waals surface area contributed by atoms with Crippen LogP contribution in [0.15, 0.2) is 42.5 Å². The molecule has 0 aromatic heterocycles. The lowest BCUT2D eigenvalue weighted by atomic mass is 10.0. The number of benzene rings is 2. The summed E-state index contributed by atoms with van der Waals surface area (Å²) in [5.41, 5.74) is 6.56. The molecule has 1 aliphatic heterocycles. The van der Waals surface area contributed by atoms with Crippen molar-refractivity contribution < 1.29 is 9.53 Å². The average molecular weight is 336 g/mol. The van der Waals surface area contributed by atoms with E-state index in [0.29, 0.717) is 5.56 Å². The van der Waals surface area contributed by atoms with Gasteiger partial charge in [0, 0.05) is 27.2 Å². The SMILES string of the molecule is COC(=O)c1ccc(C=C(C)c2ccc3c(c2)N(C)CCN3C)cc1. The molecule has 4 nitrogen and oxygen atoms in total. The smallest absolute Gasteiger partial charge is 0.337 e. The van der Waals surface area contributed by atoms with Crippen LogP contribution in [0.1, 0.15) is 28.4 Å². The summed E-state index contributed by atoms with van der Waals surface area (Å²) in [6.45, 7) is 4.19. The molecule has 1 aliphatic rings. The number of ether oxygens (including phenoxy) is 1. The van der Waals surface area contributed by atoms with Crippen LogP contribution in [0.2, 0.25) is 0 Å². The molecule has 1 heterocycles. The number of hydrogen-bond donors (Lipinski definition) is 0. The van der Waals surface area contributed by atoms with E-state index in [9.17, 15) is 4.79 Å². The zero-order valence-electron chi connectivity index (χ0n) is 15.2. The maximum Gasteiger partial charge on any atom is 0.337 e. The van der Waals surface area contributed by atoms with Crippen molar-refractivity contribution in [2.45, 2.75) is 6.92 Å². The fourth-order valence-corrected chi connectivity index (χ4v) is 3.10. The van der Waals surface area contributed by atoms with Crippen molar-refractivity contribution in [1.82, 2.24) is 0 Å². The molecular weight excluding hydrogens is 312 g/mol. The molecule has 2 aromatic rings. The number of carbonyl (C=O) groups is 1. The van der Waals surface area contributed by atoms with Crippen LogP contribution in [0.5, 0.6) is 0 Å². The van der Waals surface area contributed by atoms with Crippen LogP contribution in [-0.4, -0.2) is 40.3 Å². The van der Waals surface area contributed by atoms with E-state index >= 15 is 0 Å². The second-order valence-corrected chi connectivity index (χ2v) is 6.49. The molecule has 0 unspecified atom stereocenters. The topological polar surface area (TPSA) is 32.8 Å². The molecule has 0 N–H and O–H groups in total. The molecule has 0 atom stereocenters. The first-order valence-corrected chi connectivity index (χ1v) is 8.43. The van der Waals surface area contributed by atoms with Gasteiger partial charge < -0.3 is 14.5 Å². The van der Waals surface area contributed by atoms with Gasteiger partial charge in [-0.15, -0.1) is 0 Å². The highest BCUT2D eigenvalue weighted by molar-refractivity contribution is 5.90. The monoisotopic (exact) mass is 336 g/mol. The van der Waals surface area contributed by atoms with Crippen molar-refractivity contribution in [1.29, 1.82) is 0 Å². The van der Waals surface area contributed by atoms with Crippen molar-refractivity contribution in [2.75, 3.05) is 44.1 Å². The number of rotatable bonds is 3. The summed E-state index contributed by atoms with van der Waals surface area (Å²) in [6.07, 6.45) is 2.13. The first-order valence-electron chi connectivity index (χ1n) is 8.43. The summed E-state index contributed by atoms with van der Waals surface area (Å²) in [5, 5.41) is 0. The summed E-state index contributed by atoms with van der Waals surface area (Å²) in [6, 6.07) is 14.1. The average Bonchev–Trinajstić information content (AvgIpc) is 2.64. The van der Waals surface area contributed by atoms with E-state index in [1.165, 1.54) is 29.6 Å². The Morgan fingerprint density at radius 3 is 2.20 bits per heavy atom. The third-order valence-corrected chi connectivity index (χ3v) is 4.74. The number of nitrogens with zero attached hydrogens (tertiary/aromatic N) is 2. The predicted molar refractivity (Wildman–Crippen MR) is 104 cm³/mol. The van der Waals surface area contributed by atoms with Crippen LogP contribution >= 0.6 is 0 Å². The van der Waals surface area contributed by atoms with Gasteiger partial charge in [0.05, 0.1) is 24.0 Å². The van der Waals surface area contributed by atoms with Gasteiger partial charge in [-0.3, -0.25) is 0 Å². The fourth-order valence-electron chi connectivity index (χ4n) is 3.10. The number of likely N-dealkylation sites (N-methyl/N-ethyl adjacent to an activating group) is 2. The van der Waals surface area contributed by atoms with Gasteiger partial charge in [-0.2, -0.15) is 0 Å². The van der Waals surface area contributed by atoms with Gasteiger partial charge in [-0.1, -0.05) is 24.3 Å². The maximum atomic E-state index is 11.5. The van der Waals surface area contributed by atoms with E-state index in [0.717, 1.165) is 18.7 Å². The van der Waals surface area contributed by atoms with Crippen LogP contribution in [-0.2, 0) is 4.74 Å². The van der Waals surface area contributed by atoms with Crippen LogP contribution in [0.4, 0.5) is 11.4 Å². The standard InChI is InChI=1S/C21H24N2O2/c1-15(13-16-5-7-17(8-6-16)21(24)25-4)18-9-10-19-20(14-18)23(3)12-11-22(19)2/h5-10,13-14H,11-12H2,1-4H3. The third kappa shape index (κ3) is 3.53. The molecule has 0 amide bonds. The minimum Gasteiger partial charge on any atom is -0.465 e. The van der Waals surface area contributed by atoms with Gasteiger partial charge in [0.25, 0.3) is 0 Å². The van der Waals surface area contributed by atoms with Gasteiger partial charge in [-0.25, -0.2) is 4.79 Å². The quantitative estimate of drug-likeness (QED) is 0.628. The summed E-state index contributed by atoms with van der Waals surface area (Å²) in [7, 11) is 5.67. The minimum atomic E-state index is -0.311. The number of anilines is 2. The van der Waals surface area contributed by atoms with Crippen LogP contribution < -0.4 is 9.80 Å². The highest BCUT2D eigenvalue weighted by atomic mass is 16.5. The summed E-state index contributed by atoms with van der Waals surface area (Å²) < 4.78 is 4.74. The van der Waals surface area contributed by atoms with Gasteiger partial charge in [-0.05, 0) is 47.9 Å². The Hall–Kier alpha value is -2.75. The van der Waals surface area contributed by atoms with E-state index < -0.39 is 0 Å². The Morgan fingerprint density at radius 2 is 1.56 bits per heavy atom. The first kappa shape index (κ1) is 17.1. The molecule has 130 valence electrons. The van der Waals surface area contributed by atoms with Crippen molar-refractivity contribution in [3.63, 3.8) is 0 Å². The van der Waals surface area contributed by atoms with Crippen molar-refractivity contribution in [3.8, 4) is 0 Å². The Bertz CT molecular complexity index is 809. The van der Waals surface area contributed by atoms with E-state index in [4.69, 9.17) is 4.74 Å². The van der Waals surface area contributed by atoms with E-state index in [1.807, 2.05) is 12.1 Å². The molecule has 25 heavy (non-hydrogen) atoms. The lowest BCUT2D eigenvalue weighted by molar-refractivity contribution is 0.0600. The predicted octanol–water partition coefficient (Wildman–Crippen LogP) is 3.92. The maximum absolute atomic E-state index is 11.5. The Morgan fingerprint density at radius 1 is 0.960 bits per heavy atom. The normalized spacial score (nSPS) is 14.3. The molecule has 0 fully saturated rings. The molecule has 4 heteroatoms.